The van der Waals surface area contributed by atoms with Crippen molar-refractivity contribution in [3.8, 4) is 0 Å². The van der Waals surface area contributed by atoms with Gasteiger partial charge in [0.25, 0.3) is 0 Å². The standard InChI is InChI=1S/C13H15BrN4OS2/c1-2-15-12-17-18-13(21-12)20-8-7-11(19)16-10-5-3-9(14)4-6-10/h3-6H,2,7-8H2,1H3,(H,15,17)(H,16,19). The monoisotopic (exact) mass is 386 g/mol. The van der Waals surface area contributed by atoms with Gasteiger partial charge in [0.15, 0.2) is 4.34 Å². The fourth-order valence-corrected chi connectivity index (χ4v) is 3.57. The molecule has 0 unspecified atom stereocenters. The normalized spacial score (nSPS) is 10.4. The van der Waals surface area contributed by atoms with Crippen LogP contribution in [0.1, 0.15) is 13.3 Å². The Morgan fingerprint density at radius 3 is 2.81 bits per heavy atom. The molecule has 0 saturated heterocycles. The van der Waals surface area contributed by atoms with Gasteiger partial charge in [0.05, 0.1) is 0 Å². The number of nitrogens with zero attached hydrogens (tertiary/aromatic N) is 2. The first-order chi connectivity index (χ1) is 10.2. The third-order valence-corrected chi connectivity index (χ3v) is 4.96. The van der Waals surface area contributed by atoms with Crippen molar-refractivity contribution in [2.45, 2.75) is 17.7 Å². The number of aromatic nitrogens is 2. The lowest BCUT2D eigenvalue weighted by Gasteiger charge is -2.04. The molecule has 0 atom stereocenters. The van der Waals surface area contributed by atoms with Crippen molar-refractivity contribution >= 4 is 55.8 Å². The molecule has 0 radical (unpaired) electrons. The second-order valence-corrected chi connectivity index (χ2v) is 7.29. The minimum atomic E-state index is 0.00115. The van der Waals surface area contributed by atoms with Gasteiger partial charge in [-0.05, 0) is 31.2 Å². The number of benzene rings is 1. The number of anilines is 2. The Hall–Kier alpha value is -1.12. The van der Waals surface area contributed by atoms with Crippen LogP contribution in [0.5, 0.6) is 0 Å². The molecule has 0 spiro atoms. The van der Waals surface area contributed by atoms with Crippen molar-refractivity contribution in [2.24, 2.45) is 0 Å². The topological polar surface area (TPSA) is 66.9 Å². The molecule has 1 amide bonds. The largest absolute Gasteiger partial charge is 0.360 e. The van der Waals surface area contributed by atoms with Gasteiger partial charge in [-0.1, -0.05) is 39.0 Å². The molecule has 0 saturated carbocycles. The molecular formula is C13H15BrN4OS2. The van der Waals surface area contributed by atoms with Crippen LogP contribution in [0.15, 0.2) is 33.1 Å². The number of amides is 1. The summed E-state index contributed by atoms with van der Waals surface area (Å²) in [5.41, 5.74) is 0.804. The lowest BCUT2D eigenvalue weighted by Crippen LogP contribution is -2.11. The van der Waals surface area contributed by atoms with Crippen LogP contribution in [0, 0.1) is 0 Å². The molecule has 0 aliphatic rings. The molecule has 2 rings (SSSR count). The first-order valence-corrected chi connectivity index (χ1v) is 9.02. The number of carbonyl (C=O) groups is 1. The zero-order valence-corrected chi connectivity index (χ0v) is 14.6. The molecule has 1 heterocycles. The van der Waals surface area contributed by atoms with Gasteiger partial charge in [0.1, 0.15) is 0 Å². The lowest BCUT2D eigenvalue weighted by atomic mass is 10.3. The number of rotatable bonds is 7. The Kier molecular flexibility index (Phi) is 6.47. The van der Waals surface area contributed by atoms with Crippen LogP contribution in [0.4, 0.5) is 10.8 Å². The lowest BCUT2D eigenvalue weighted by molar-refractivity contribution is -0.115. The van der Waals surface area contributed by atoms with E-state index in [0.29, 0.717) is 12.2 Å². The highest BCUT2D eigenvalue weighted by molar-refractivity contribution is 9.10. The zero-order valence-electron chi connectivity index (χ0n) is 11.4. The molecule has 5 nitrogen and oxygen atoms in total. The Morgan fingerprint density at radius 1 is 1.33 bits per heavy atom. The van der Waals surface area contributed by atoms with E-state index in [9.17, 15) is 4.79 Å². The fourth-order valence-electron chi connectivity index (χ4n) is 1.48. The summed E-state index contributed by atoms with van der Waals surface area (Å²) < 4.78 is 1.87. The summed E-state index contributed by atoms with van der Waals surface area (Å²) in [5.74, 6) is 0.685. The summed E-state index contributed by atoms with van der Waals surface area (Å²) >= 11 is 6.41. The third-order valence-electron chi connectivity index (χ3n) is 2.42. The SMILES string of the molecule is CCNc1nnc(SCCC(=O)Nc2ccc(Br)cc2)s1. The van der Waals surface area contributed by atoms with Gasteiger partial charge in [-0.25, -0.2) is 0 Å². The molecule has 0 fully saturated rings. The summed E-state index contributed by atoms with van der Waals surface area (Å²) in [7, 11) is 0. The van der Waals surface area contributed by atoms with Gasteiger partial charge in [-0.3, -0.25) is 4.79 Å². The molecule has 2 aromatic rings. The van der Waals surface area contributed by atoms with Crippen LogP contribution in [0.2, 0.25) is 0 Å². The second-order valence-electron chi connectivity index (χ2n) is 4.06. The maximum Gasteiger partial charge on any atom is 0.225 e. The highest BCUT2D eigenvalue weighted by Gasteiger charge is 2.06. The van der Waals surface area contributed by atoms with E-state index in [1.807, 2.05) is 31.2 Å². The quantitative estimate of drug-likeness (QED) is 0.707. The average molecular weight is 387 g/mol. The summed E-state index contributed by atoms with van der Waals surface area (Å²) in [6, 6.07) is 7.52. The van der Waals surface area contributed by atoms with Crippen molar-refractivity contribution in [1.82, 2.24) is 10.2 Å². The van der Waals surface area contributed by atoms with Crippen LogP contribution in [-0.4, -0.2) is 28.4 Å². The molecule has 112 valence electrons. The maximum atomic E-state index is 11.8. The van der Waals surface area contributed by atoms with Gasteiger partial charge < -0.3 is 10.6 Å². The highest BCUT2D eigenvalue weighted by atomic mass is 79.9. The Bertz CT molecular complexity index is 588. The van der Waals surface area contributed by atoms with Crippen molar-refractivity contribution in [2.75, 3.05) is 22.9 Å². The van der Waals surface area contributed by atoms with Gasteiger partial charge in [-0.2, -0.15) is 0 Å². The molecule has 8 heteroatoms. The van der Waals surface area contributed by atoms with Crippen molar-refractivity contribution in [3.05, 3.63) is 28.7 Å². The number of carbonyl (C=O) groups excluding carboxylic acids is 1. The van der Waals surface area contributed by atoms with Crippen molar-refractivity contribution in [3.63, 3.8) is 0 Å². The molecule has 0 bridgehead atoms. The molecule has 2 N–H and O–H groups in total. The van der Waals surface area contributed by atoms with E-state index in [2.05, 4.69) is 36.8 Å². The number of nitrogens with one attached hydrogen (secondary N) is 2. The fraction of sp³-hybridized carbons (Fsp3) is 0.308. The van der Waals surface area contributed by atoms with E-state index in [1.165, 1.54) is 11.3 Å². The number of halogens is 1. The van der Waals surface area contributed by atoms with Crippen LogP contribution < -0.4 is 10.6 Å². The van der Waals surface area contributed by atoms with Gasteiger partial charge in [0.2, 0.25) is 11.0 Å². The molecule has 1 aromatic carbocycles. The van der Waals surface area contributed by atoms with E-state index in [0.717, 1.165) is 26.2 Å². The number of hydrogen-bond donors (Lipinski definition) is 2. The van der Waals surface area contributed by atoms with Crippen LogP contribution in [-0.2, 0) is 4.79 Å². The van der Waals surface area contributed by atoms with Crippen LogP contribution in [0.25, 0.3) is 0 Å². The summed E-state index contributed by atoms with van der Waals surface area (Å²) in [4.78, 5) is 11.8. The van der Waals surface area contributed by atoms with E-state index in [-0.39, 0.29) is 5.91 Å². The Balaban J connectivity index is 1.72. The second kappa shape index (κ2) is 8.35. The smallest absolute Gasteiger partial charge is 0.225 e. The van der Waals surface area contributed by atoms with Gasteiger partial charge in [-0.15, -0.1) is 10.2 Å². The third kappa shape index (κ3) is 5.64. The van der Waals surface area contributed by atoms with Gasteiger partial charge >= 0.3 is 0 Å². The minimum absolute atomic E-state index is 0.00115. The zero-order chi connectivity index (χ0) is 15.1. The number of hydrogen-bond acceptors (Lipinski definition) is 6. The Labute approximate surface area is 140 Å². The molecule has 0 aliphatic carbocycles. The summed E-state index contributed by atoms with van der Waals surface area (Å²) in [6.07, 6.45) is 0.441. The summed E-state index contributed by atoms with van der Waals surface area (Å²) in [6.45, 7) is 2.84. The molecule has 1 aromatic heterocycles. The predicted molar refractivity (Wildman–Crippen MR) is 92.2 cm³/mol. The predicted octanol–water partition coefficient (Wildman–Crippen LogP) is 3.85. The van der Waals surface area contributed by atoms with Gasteiger partial charge in [0, 0.05) is 28.9 Å². The number of thioether (sulfide) groups is 1. The molecule has 21 heavy (non-hydrogen) atoms. The first kappa shape index (κ1) is 16.3. The summed E-state index contributed by atoms with van der Waals surface area (Å²) in [5, 5.41) is 14.9. The van der Waals surface area contributed by atoms with E-state index in [4.69, 9.17) is 0 Å². The Morgan fingerprint density at radius 2 is 2.10 bits per heavy atom. The highest BCUT2D eigenvalue weighted by Crippen LogP contribution is 2.25. The van der Waals surface area contributed by atoms with Crippen LogP contribution in [0.3, 0.4) is 0 Å². The van der Waals surface area contributed by atoms with E-state index >= 15 is 0 Å². The van der Waals surface area contributed by atoms with Crippen molar-refractivity contribution in [1.29, 1.82) is 0 Å². The minimum Gasteiger partial charge on any atom is -0.360 e. The van der Waals surface area contributed by atoms with Crippen LogP contribution >= 0.6 is 39.0 Å². The van der Waals surface area contributed by atoms with E-state index < -0.39 is 0 Å². The maximum absolute atomic E-state index is 11.8. The van der Waals surface area contributed by atoms with Crippen molar-refractivity contribution < 1.29 is 4.79 Å². The average Bonchev–Trinajstić information content (AvgIpc) is 2.89. The van der Waals surface area contributed by atoms with E-state index in [1.54, 1.807) is 11.8 Å². The first-order valence-electron chi connectivity index (χ1n) is 6.43. The molecular weight excluding hydrogens is 372 g/mol. The molecule has 0 aliphatic heterocycles.